The summed E-state index contributed by atoms with van der Waals surface area (Å²) in [5, 5.41) is 0.577. The molecule has 0 spiro atoms. The highest BCUT2D eigenvalue weighted by Crippen LogP contribution is 2.36. The lowest BCUT2D eigenvalue weighted by molar-refractivity contribution is 0.0286. The molecule has 2 aromatic rings. The second-order valence-electron chi connectivity index (χ2n) is 4.67. The molecular formula is C16H17NOS. The third-order valence-electron chi connectivity index (χ3n) is 3.21. The summed E-state index contributed by atoms with van der Waals surface area (Å²) >= 11 is 1.94. The fraction of sp³-hybridized carbons (Fsp3) is 0.250. The molecule has 0 aromatic heterocycles. The standard InChI is InChI=1S/C16H17NOS/c1-2-6-13(7-3-1)12-18-17-11-15-10-14-8-4-5-9-16(14)19-15/h1-9,15,17H,10-12H2. The van der Waals surface area contributed by atoms with Crippen LogP contribution in [0.25, 0.3) is 0 Å². The van der Waals surface area contributed by atoms with Crippen LogP contribution in [0.1, 0.15) is 11.1 Å². The number of hydrogen-bond donors (Lipinski definition) is 1. The molecule has 1 unspecified atom stereocenters. The van der Waals surface area contributed by atoms with Crippen molar-refractivity contribution in [2.75, 3.05) is 6.54 Å². The quantitative estimate of drug-likeness (QED) is 0.665. The van der Waals surface area contributed by atoms with Gasteiger partial charge in [0.25, 0.3) is 0 Å². The summed E-state index contributed by atoms with van der Waals surface area (Å²) in [6.45, 7) is 1.50. The largest absolute Gasteiger partial charge is 0.297 e. The van der Waals surface area contributed by atoms with Gasteiger partial charge in [0.1, 0.15) is 0 Å². The van der Waals surface area contributed by atoms with E-state index in [9.17, 15) is 0 Å². The molecule has 2 aromatic carbocycles. The maximum Gasteiger partial charge on any atom is 0.0933 e. The Labute approximate surface area is 118 Å². The van der Waals surface area contributed by atoms with Crippen molar-refractivity contribution >= 4 is 11.8 Å². The van der Waals surface area contributed by atoms with Crippen molar-refractivity contribution in [2.45, 2.75) is 23.2 Å². The molecular weight excluding hydrogens is 254 g/mol. The molecule has 0 amide bonds. The van der Waals surface area contributed by atoms with Gasteiger partial charge in [-0.2, -0.15) is 0 Å². The minimum atomic E-state index is 0.577. The molecule has 1 aliphatic heterocycles. The van der Waals surface area contributed by atoms with E-state index in [1.54, 1.807) is 0 Å². The van der Waals surface area contributed by atoms with Crippen molar-refractivity contribution < 1.29 is 4.84 Å². The molecule has 0 bridgehead atoms. The van der Waals surface area contributed by atoms with Crippen LogP contribution in [0.4, 0.5) is 0 Å². The molecule has 0 radical (unpaired) electrons. The van der Waals surface area contributed by atoms with Crippen LogP contribution in [0.2, 0.25) is 0 Å². The molecule has 0 saturated heterocycles. The topological polar surface area (TPSA) is 21.3 Å². The van der Waals surface area contributed by atoms with Crippen molar-refractivity contribution in [3.05, 3.63) is 65.7 Å². The Morgan fingerprint density at radius 2 is 1.84 bits per heavy atom. The van der Waals surface area contributed by atoms with Crippen molar-refractivity contribution in [2.24, 2.45) is 0 Å². The second kappa shape index (κ2) is 6.24. The van der Waals surface area contributed by atoms with Gasteiger partial charge in [-0.3, -0.25) is 4.84 Å². The van der Waals surface area contributed by atoms with E-state index in [-0.39, 0.29) is 0 Å². The normalized spacial score (nSPS) is 17.4. The zero-order chi connectivity index (χ0) is 12.9. The van der Waals surface area contributed by atoms with Crippen molar-refractivity contribution in [3.63, 3.8) is 0 Å². The molecule has 0 fully saturated rings. The SMILES string of the molecule is c1ccc(CONCC2Cc3ccccc3S2)cc1. The fourth-order valence-corrected chi connectivity index (χ4v) is 3.46. The maximum atomic E-state index is 5.52. The Bertz CT molecular complexity index is 504. The lowest BCUT2D eigenvalue weighted by Gasteiger charge is -2.10. The van der Waals surface area contributed by atoms with Gasteiger partial charge in [-0.25, -0.2) is 5.48 Å². The van der Waals surface area contributed by atoms with Crippen molar-refractivity contribution in [1.82, 2.24) is 5.48 Å². The second-order valence-corrected chi connectivity index (χ2v) is 6.02. The van der Waals surface area contributed by atoms with Gasteiger partial charge >= 0.3 is 0 Å². The average Bonchev–Trinajstić information content (AvgIpc) is 2.87. The predicted molar refractivity (Wildman–Crippen MR) is 79.0 cm³/mol. The van der Waals surface area contributed by atoms with Gasteiger partial charge < -0.3 is 0 Å². The van der Waals surface area contributed by atoms with Crippen LogP contribution in [0.15, 0.2) is 59.5 Å². The van der Waals surface area contributed by atoms with Crippen LogP contribution in [-0.4, -0.2) is 11.8 Å². The van der Waals surface area contributed by atoms with E-state index in [0.29, 0.717) is 11.9 Å². The predicted octanol–water partition coefficient (Wildman–Crippen LogP) is 3.42. The van der Waals surface area contributed by atoms with E-state index in [1.807, 2.05) is 30.0 Å². The first-order valence-corrected chi connectivity index (χ1v) is 7.43. The highest BCUT2D eigenvalue weighted by Gasteiger charge is 2.21. The minimum Gasteiger partial charge on any atom is -0.297 e. The molecule has 3 rings (SSSR count). The summed E-state index contributed by atoms with van der Waals surface area (Å²) in [4.78, 5) is 6.93. The monoisotopic (exact) mass is 271 g/mol. The lowest BCUT2D eigenvalue weighted by Crippen LogP contribution is -2.24. The van der Waals surface area contributed by atoms with E-state index < -0.39 is 0 Å². The summed E-state index contributed by atoms with van der Waals surface area (Å²) in [7, 11) is 0. The summed E-state index contributed by atoms with van der Waals surface area (Å²) in [6.07, 6.45) is 1.13. The first kappa shape index (κ1) is 12.7. The zero-order valence-corrected chi connectivity index (χ0v) is 11.5. The Morgan fingerprint density at radius 3 is 2.68 bits per heavy atom. The highest BCUT2D eigenvalue weighted by molar-refractivity contribution is 8.00. The average molecular weight is 271 g/mol. The van der Waals surface area contributed by atoms with Crippen LogP contribution < -0.4 is 5.48 Å². The number of nitrogens with one attached hydrogen (secondary N) is 1. The Balaban J connectivity index is 1.41. The molecule has 3 heteroatoms. The maximum absolute atomic E-state index is 5.52. The summed E-state index contributed by atoms with van der Waals surface area (Å²) in [6, 6.07) is 18.9. The van der Waals surface area contributed by atoms with Gasteiger partial charge in [0.05, 0.1) is 6.61 Å². The molecule has 1 N–H and O–H groups in total. The molecule has 1 aliphatic rings. The summed E-state index contributed by atoms with van der Waals surface area (Å²) < 4.78 is 0. The van der Waals surface area contributed by atoms with E-state index in [2.05, 4.69) is 41.9 Å². The van der Waals surface area contributed by atoms with E-state index in [0.717, 1.165) is 13.0 Å². The van der Waals surface area contributed by atoms with Crippen LogP contribution in [0.5, 0.6) is 0 Å². The number of thioether (sulfide) groups is 1. The number of fused-ring (bicyclic) bond motifs is 1. The first-order chi connectivity index (χ1) is 9.42. The molecule has 1 atom stereocenters. The van der Waals surface area contributed by atoms with Gasteiger partial charge in [0.2, 0.25) is 0 Å². The van der Waals surface area contributed by atoms with Crippen LogP contribution in [0, 0.1) is 0 Å². The Morgan fingerprint density at radius 1 is 1.05 bits per heavy atom. The molecule has 2 nitrogen and oxygen atoms in total. The number of hydroxylamine groups is 1. The van der Waals surface area contributed by atoms with Crippen LogP contribution in [-0.2, 0) is 17.9 Å². The highest BCUT2D eigenvalue weighted by atomic mass is 32.2. The van der Waals surface area contributed by atoms with E-state index in [1.165, 1.54) is 16.0 Å². The minimum absolute atomic E-state index is 0.577. The van der Waals surface area contributed by atoms with Crippen molar-refractivity contribution in [3.8, 4) is 0 Å². The Kier molecular flexibility index (Phi) is 4.18. The van der Waals surface area contributed by atoms with Gasteiger partial charge in [-0.1, -0.05) is 48.5 Å². The number of rotatable bonds is 5. The third-order valence-corrected chi connectivity index (χ3v) is 4.53. The summed E-state index contributed by atoms with van der Waals surface area (Å²) in [5.74, 6) is 0. The lowest BCUT2D eigenvalue weighted by atomic mass is 10.1. The molecule has 1 heterocycles. The smallest absolute Gasteiger partial charge is 0.0933 e. The summed E-state index contributed by atoms with van der Waals surface area (Å²) in [5.41, 5.74) is 5.74. The zero-order valence-electron chi connectivity index (χ0n) is 10.7. The molecule has 0 saturated carbocycles. The third kappa shape index (κ3) is 3.38. The molecule has 0 aliphatic carbocycles. The first-order valence-electron chi connectivity index (χ1n) is 6.55. The van der Waals surface area contributed by atoms with Crippen molar-refractivity contribution in [1.29, 1.82) is 0 Å². The van der Waals surface area contributed by atoms with E-state index in [4.69, 9.17) is 4.84 Å². The van der Waals surface area contributed by atoms with Gasteiger partial charge in [-0.05, 0) is 23.6 Å². The van der Waals surface area contributed by atoms with Crippen LogP contribution in [0.3, 0.4) is 0 Å². The van der Waals surface area contributed by atoms with Crippen LogP contribution >= 0.6 is 11.8 Å². The van der Waals surface area contributed by atoms with Gasteiger partial charge in [0.15, 0.2) is 0 Å². The number of hydrogen-bond acceptors (Lipinski definition) is 3. The number of benzene rings is 2. The van der Waals surface area contributed by atoms with Gasteiger partial charge in [-0.15, -0.1) is 11.8 Å². The molecule has 19 heavy (non-hydrogen) atoms. The fourth-order valence-electron chi connectivity index (χ4n) is 2.23. The molecule has 98 valence electrons. The van der Waals surface area contributed by atoms with Gasteiger partial charge in [0, 0.05) is 16.7 Å². The van der Waals surface area contributed by atoms with E-state index >= 15 is 0 Å². The Hall–Kier alpha value is -1.29.